The third-order valence-electron chi connectivity index (χ3n) is 5.82. The van der Waals surface area contributed by atoms with Gasteiger partial charge in [-0.15, -0.1) is 24.0 Å². The normalized spacial score (nSPS) is 22.9. The highest BCUT2D eigenvalue weighted by Gasteiger charge is 2.34. The molecule has 3 rings (SSSR count). The summed E-state index contributed by atoms with van der Waals surface area (Å²) < 4.78 is 1.88. The molecule has 0 spiro atoms. The molecule has 2 fully saturated rings. The van der Waals surface area contributed by atoms with Gasteiger partial charge >= 0.3 is 0 Å². The molecular formula is C18H32IN5O. The number of nitrogens with zero attached hydrogens (tertiary/aromatic N) is 4. The Morgan fingerprint density at radius 3 is 2.80 bits per heavy atom. The first-order valence-electron chi connectivity index (χ1n) is 9.21. The van der Waals surface area contributed by atoms with Crippen LogP contribution in [0.25, 0.3) is 0 Å². The summed E-state index contributed by atoms with van der Waals surface area (Å²) in [5, 5.41) is 17.3. The van der Waals surface area contributed by atoms with Crippen molar-refractivity contribution >= 4 is 29.9 Å². The van der Waals surface area contributed by atoms with Crippen LogP contribution in [0.2, 0.25) is 0 Å². The summed E-state index contributed by atoms with van der Waals surface area (Å²) in [5.74, 6) is 1.54. The lowest BCUT2D eigenvalue weighted by atomic mass is 9.83. The highest BCUT2D eigenvalue weighted by molar-refractivity contribution is 14.0. The van der Waals surface area contributed by atoms with Crippen molar-refractivity contribution < 1.29 is 5.11 Å². The topological polar surface area (TPSA) is 65.7 Å². The smallest absolute Gasteiger partial charge is 0.193 e. The number of rotatable bonds is 5. The van der Waals surface area contributed by atoms with E-state index in [0.717, 1.165) is 38.4 Å². The summed E-state index contributed by atoms with van der Waals surface area (Å²) in [6.45, 7) is 3.24. The van der Waals surface area contributed by atoms with Crippen molar-refractivity contribution in [1.82, 2.24) is 20.0 Å². The SMILES string of the molecule is CN=C(NCC1(CCO)CCCC1)N1CCC(c2cnn(C)c2)C1.I. The van der Waals surface area contributed by atoms with Gasteiger partial charge in [-0.25, -0.2) is 0 Å². The van der Waals surface area contributed by atoms with E-state index >= 15 is 0 Å². The molecule has 1 aliphatic heterocycles. The van der Waals surface area contributed by atoms with Gasteiger partial charge in [-0.1, -0.05) is 12.8 Å². The number of aromatic nitrogens is 2. The number of hydrogen-bond donors (Lipinski definition) is 2. The predicted molar refractivity (Wildman–Crippen MR) is 112 cm³/mol. The van der Waals surface area contributed by atoms with Gasteiger partial charge in [-0.2, -0.15) is 5.10 Å². The van der Waals surface area contributed by atoms with E-state index in [1.54, 1.807) is 0 Å². The zero-order chi connectivity index (χ0) is 17.0. The first-order valence-corrected chi connectivity index (χ1v) is 9.21. The number of guanidine groups is 1. The van der Waals surface area contributed by atoms with E-state index in [2.05, 4.69) is 26.5 Å². The molecule has 25 heavy (non-hydrogen) atoms. The van der Waals surface area contributed by atoms with Crippen LogP contribution in [0.5, 0.6) is 0 Å². The average Bonchev–Trinajstić information content (AvgIpc) is 3.29. The Kier molecular flexibility index (Phi) is 7.54. The second-order valence-corrected chi connectivity index (χ2v) is 7.46. The Labute approximate surface area is 168 Å². The minimum atomic E-state index is 0. The molecule has 0 amide bonds. The third kappa shape index (κ3) is 4.87. The molecule has 1 unspecified atom stereocenters. The Bertz CT molecular complexity index is 568. The summed E-state index contributed by atoms with van der Waals surface area (Å²) in [6.07, 6.45) is 11.2. The van der Waals surface area contributed by atoms with Gasteiger partial charge in [0.05, 0.1) is 6.20 Å². The Hall–Kier alpha value is -0.830. The average molecular weight is 461 g/mol. The van der Waals surface area contributed by atoms with Gasteiger partial charge in [0, 0.05) is 52.5 Å². The van der Waals surface area contributed by atoms with E-state index in [4.69, 9.17) is 0 Å². The van der Waals surface area contributed by atoms with Crippen molar-refractivity contribution in [1.29, 1.82) is 0 Å². The number of aryl methyl sites for hydroxylation is 1. The number of aliphatic hydroxyl groups excluding tert-OH is 1. The van der Waals surface area contributed by atoms with E-state index in [-0.39, 0.29) is 36.0 Å². The van der Waals surface area contributed by atoms with E-state index in [1.165, 1.54) is 31.2 Å². The third-order valence-corrected chi connectivity index (χ3v) is 5.82. The first kappa shape index (κ1) is 20.5. The van der Waals surface area contributed by atoms with E-state index in [1.807, 2.05) is 25.0 Å². The molecule has 1 atom stereocenters. The zero-order valence-electron chi connectivity index (χ0n) is 15.4. The summed E-state index contributed by atoms with van der Waals surface area (Å²) in [5.41, 5.74) is 1.58. The van der Waals surface area contributed by atoms with Gasteiger partial charge in [-0.3, -0.25) is 9.67 Å². The highest BCUT2D eigenvalue weighted by Crippen LogP contribution is 2.40. The van der Waals surface area contributed by atoms with Crippen molar-refractivity contribution in [3.8, 4) is 0 Å². The monoisotopic (exact) mass is 461 g/mol. The quantitative estimate of drug-likeness (QED) is 0.402. The van der Waals surface area contributed by atoms with Gasteiger partial charge in [0.1, 0.15) is 0 Å². The molecule has 6 nitrogen and oxygen atoms in total. The van der Waals surface area contributed by atoms with Crippen molar-refractivity contribution in [3.05, 3.63) is 18.0 Å². The standard InChI is InChI=1S/C18H31N5O.HI/c1-19-17(20-14-18(8-10-24)6-3-4-7-18)23-9-5-15(13-23)16-11-21-22(2)12-16;/h11-12,15,24H,3-10,13-14H2,1-2H3,(H,19,20);1H. The molecule has 0 bridgehead atoms. The van der Waals surface area contributed by atoms with Crippen LogP contribution in [-0.2, 0) is 7.05 Å². The van der Waals surface area contributed by atoms with Crippen molar-refractivity contribution in [2.24, 2.45) is 17.5 Å². The molecular weight excluding hydrogens is 429 g/mol. The molecule has 0 aromatic carbocycles. The molecule has 0 radical (unpaired) electrons. The fourth-order valence-corrected chi connectivity index (χ4v) is 4.35. The number of aliphatic imine (C=N–C) groups is 1. The fourth-order valence-electron chi connectivity index (χ4n) is 4.35. The first-order chi connectivity index (χ1) is 11.7. The molecule has 2 aliphatic rings. The Morgan fingerprint density at radius 1 is 1.44 bits per heavy atom. The summed E-state index contributed by atoms with van der Waals surface area (Å²) in [7, 11) is 3.84. The molecule has 142 valence electrons. The van der Waals surface area contributed by atoms with Gasteiger partial charge in [-0.05, 0) is 36.7 Å². The number of aliphatic hydroxyl groups is 1. The fraction of sp³-hybridized carbons (Fsp3) is 0.778. The molecule has 1 saturated carbocycles. The lowest BCUT2D eigenvalue weighted by molar-refractivity contribution is 0.184. The maximum Gasteiger partial charge on any atom is 0.193 e. The van der Waals surface area contributed by atoms with Gasteiger partial charge in [0.25, 0.3) is 0 Å². The predicted octanol–water partition coefficient (Wildman–Crippen LogP) is 2.35. The maximum absolute atomic E-state index is 9.41. The molecule has 2 heterocycles. The van der Waals surface area contributed by atoms with Gasteiger partial charge in [0.15, 0.2) is 5.96 Å². The van der Waals surface area contributed by atoms with Crippen LogP contribution in [0.15, 0.2) is 17.4 Å². The Balaban J connectivity index is 0.00000225. The van der Waals surface area contributed by atoms with Crippen LogP contribution in [0, 0.1) is 5.41 Å². The van der Waals surface area contributed by atoms with Crippen LogP contribution in [0.1, 0.15) is 50.0 Å². The lowest BCUT2D eigenvalue weighted by Gasteiger charge is -2.31. The summed E-state index contributed by atoms with van der Waals surface area (Å²) in [4.78, 5) is 6.86. The minimum absolute atomic E-state index is 0. The van der Waals surface area contributed by atoms with E-state index < -0.39 is 0 Å². The number of likely N-dealkylation sites (tertiary alicyclic amines) is 1. The molecule has 2 N–H and O–H groups in total. The molecule has 1 saturated heterocycles. The van der Waals surface area contributed by atoms with Crippen LogP contribution in [-0.4, -0.2) is 59.0 Å². The molecule has 1 aliphatic carbocycles. The second kappa shape index (κ2) is 9.21. The van der Waals surface area contributed by atoms with Crippen molar-refractivity contribution in [2.75, 3.05) is 33.3 Å². The zero-order valence-corrected chi connectivity index (χ0v) is 17.8. The van der Waals surface area contributed by atoms with Gasteiger partial charge < -0.3 is 15.3 Å². The second-order valence-electron chi connectivity index (χ2n) is 7.46. The van der Waals surface area contributed by atoms with E-state index in [9.17, 15) is 5.11 Å². The van der Waals surface area contributed by atoms with Crippen molar-refractivity contribution in [3.63, 3.8) is 0 Å². The largest absolute Gasteiger partial charge is 0.396 e. The van der Waals surface area contributed by atoms with Crippen LogP contribution >= 0.6 is 24.0 Å². The molecule has 7 heteroatoms. The Morgan fingerprint density at radius 2 is 2.20 bits per heavy atom. The lowest BCUT2D eigenvalue weighted by Crippen LogP contribution is -2.44. The van der Waals surface area contributed by atoms with Crippen LogP contribution in [0.3, 0.4) is 0 Å². The highest BCUT2D eigenvalue weighted by atomic mass is 127. The molecule has 1 aromatic rings. The van der Waals surface area contributed by atoms with Crippen LogP contribution < -0.4 is 5.32 Å². The molecule has 1 aromatic heterocycles. The number of halogens is 1. The van der Waals surface area contributed by atoms with Gasteiger partial charge in [0.2, 0.25) is 0 Å². The minimum Gasteiger partial charge on any atom is -0.396 e. The number of hydrogen-bond acceptors (Lipinski definition) is 3. The summed E-state index contributed by atoms with van der Waals surface area (Å²) in [6, 6.07) is 0. The maximum atomic E-state index is 9.41. The van der Waals surface area contributed by atoms with Crippen molar-refractivity contribution in [2.45, 2.75) is 44.4 Å². The number of nitrogens with one attached hydrogen (secondary N) is 1. The van der Waals surface area contributed by atoms with Crippen LogP contribution in [0.4, 0.5) is 0 Å². The summed E-state index contributed by atoms with van der Waals surface area (Å²) >= 11 is 0. The van der Waals surface area contributed by atoms with E-state index in [0.29, 0.717) is 5.92 Å².